The standard InChI is InChI=1S/C9H13NO3S/c1-3-10(14(11,12)13)9-6-4-5-8(2)7-9/h4-7H,3H2,1-2H3,(H,11,12,13). The molecule has 1 aromatic carbocycles. The van der Waals surface area contributed by atoms with E-state index in [0.717, 1.165) is 9.87 Å². The molecule has 0 bridgehead atoms. The minimum atomic E-state index is -4.15. The van der Waals surface area contributed by atoms with Crippen molar-refractivity contribution in [2.75, 3.05) is 10.8 Å². The molecule has 0 amide bonds. The van der Waals surface area contributed by atoms with E-state index in [4.69, 9.17) is 4.55 Å². The number of hydrogen-bond donors (Lipinski definition) is 1. The van der Waals surface area contributed by atoms with E-state index >= 15 is 0 Å². The van der Waals surface area contributed by atoms with E-state index in [1.54, 1.807) is 25.1 Å². The van der Waals surface area contributed by atoms with E-state index in [1.165, 1.54) is 0 Å². The minimum Gasteiger partial charge on any atom is -0.269 e. The average Bonchev–Trinajstić information content (AvgIpc) is 2.02. The molecule has 1 rings (SSSR count). The summed E-state index contributed by atoms with van der Waals surface area (Å²) in [6, 6.07) is 6.96. The van der Waals surface area contributed by atoms with Crippen LogP contribution in [0.4, 0.5) is 5.69 Å². The molecule has 0 saturated carbocycles. The smallest absolute Gasteiger partial charge is 0.269 e. The lowest BCUT2D eigenvalue weighted by molar-refractivity contribution is 0.479. The Morgan fingerprint density at radius 2 is 2.07 bits per heavy atom. The molecule has 0 aliphatic rings. The molecule has 0 aliphatic carbocycles. The summed E-state index contributed by atoms with van der Waals surface area (Å²) in [6.07, 6.45) is 0. The van der Waals surface area contributed by atoms with Gasteiger partial charge in [-0.1, -0.05) is 12.1 Å². The highest BCUT2D eigenvalue weighted by molar-refractivity contribution is 7.87. The van der Waals surface area contributed by atoms with Crippen LogP contribution in [0.1, 0.15) is 12.5 Å². The number of rotatable bonds is 3. The molecule has 0 aliphatic heterocycles. The molecule has 0 atom stereocenters. The molecule has 0 unspecified atom stereocenters. The summed E-state index contributed by atoms with van der Waals surface area (Å²) in [4.78, 5) is 0. The molecule has 0 saturated heterocycles. The zero-order valence-corrected chi connectivity index (χ0v) is 8.95. The van der Waals surface area contributed by atoms with Crippen molar-refractivity contribution in [2.24, 2.45) is 0 Å². The molecule has 1 aromatic rings. The van der Waals surface area contributed by atoms with Gasteiger partial charge < -0.3 is 0 Å². The maximum Gasteiger partial charge on any atom is 0.359 e. The van der Waals surface area contributed by atoms with Gasteiger partial charge in [0.05, 0.1) is 5.69 Å². The van der Waals surface area contributed by atoms with Crippen LogP contribution in [0.3, 0.4) is 0 Å². The third-order valence-electron chi connectivity index (χ3n) is 1.86. The molecular weight excluding hydrogens is 202 g/mol. The van der Waals surface area contributed by atoms with Crippen molar-refractivity contribution in [3.63, 3.8) is 0 Å². The van der Waals surface area contributed by atoms with Crippen molar-refractivity contribution >= 4 is 16.0 Å². The van der Waals surface area contributed by atoms with Crippen molar-refractivity contribution in [1.29, 1.82) is 0 Å². The van der Waals surface area contributed by atoms with Gasteiger partial charge in [-0.3, -0.25) is 4.55 Å². The summed E-state index contributed by atoms with van der Waals surface area (Å²) < 4.78 is 31.8. The fourth-order valence-electron chi connectivity index (χ4n) is 1.26. The van der Waals surface area contributed by atoms with Crippen LogP contribution in [0.25, 0.3) is 0 Å². The molecule has 0 spiro atoms. The Kier molecular flexibility index (Phi) is 3.13. The highest BCUT2D eigenvalue weighted by atomic mass is 32.2. The number of anilines is 1. The third-order valence-corrected chi connectivity index (χ3v) is 2.88. The van der Waals surface area contributed by atoms with Crippen LogP contribution in [0.15, 0.2) is 24.3 Å². The first kappa shape index (κ1) is 11.0. The molecule has 78 valence electrons. The molecule has 0 radical (unpaired) electrons. The topological polar surface area (TPSA) is 57.6 Å². The van der Waals surface area contributed by atoms with E-state index in [2.05, 4.69) is 0 Å². The van der Waals surface area contributed by atoms with E-state index in [-0.39, 0.29) is 6.54 Å². The lowest BCUT2D eigenvalue weighted by Crippen LogP contribution is -2.29. The van der Waals surface area contributed by atoms with Gasteiger partial charge in [0.1, 0.15) is 0 Å². The highest BCUT2D eigenvalue weighted by Gasteiger charge is 2.16. The van der Waals surface area contributed by atoms with Gasteiger partial charge in [-0.05, 0) is 31.5 Å². The van der Waals surface area contributed by atoms with Crippen LogP contribution < -0.4 is 4.31 Å². The summed E-state index contributed by atoms with van der Waals surface area (Å²) in [5, 5.41) is 0. The van der Waals surface area contributed by atoms with Gasteiger partial charge in [0.15, 0.2) is 0 Å². The predicted octanol–water partition coefficient (Wildman–Crippen LogP) is 1.62. The average molecular weight is 215 g/mol. The number of benzene rings is 1. The summed E-state index contributed by atoms with van der Waals surface area (Å²) in [5.41, 5.74) is 1.43. The Morgan fingerprint density at radius 1 is 1.43 bits per heavy atom. The van der Waals surface area contributed by atoms with Gasteiger partial charge in [-0.2, -0.15) is 8.42 Å². The van der Waals surface area contributed by atoms with Crippen LogP contribution >= 0.6 is 0 Å². The Hall–Kier alpha value is -1.07. The quantitative estimate of drug-likeness (QED) is 0.779. The zero-order chi connectivity index (χ0) is 10.8. The third kappa shape index (κ3) is 2.46. The van der Waals surface area contributed by atoms with Crippen molar-refractivity contribution in [1.82, 2.24) is 0 Å². The molecule has 4 nitrogen and oxygen atoms in total. The fourth-order valence-corrected chi connectivity index (χ4v) is 1.97. The molecule has 0 heterocycles. The summed E-state index contributed by atoms with van der Waals surface area (Å²) in [6.45, 7) is 3.74. The minimum absolute atomic E-state index is 0.211. The Morgan fingerprint density at radius 3 is 2.50 bits per heavy atom. The van der Waals surface area contributed by atoms with Crippen molar-refractivity contribution < 1.29 is 13.0 Å². The molecular formula is C9H13NO3S. The van der Waals surface area contributed by atoms with Crippen molar-refractivity contribution in [2.45, 2.75) is 13.8 Å². The molecule has 5 heteroatoms. The lowest BCUT2D eigenvalue weighted by Gasteiger charge is -2.18. The van der Waals surface area contributed by atoms with Crippen LogP contribution in [0.2, 0.25) is 0 Å². The lowest BCUT2D eigenvalue weighted by atomic mass is 10.2. The van der Waals surface area contributed by atoms with Crippen molar-refractivity contribution in [3.05, 3.63) is 29.8 Å². The van der Waals surface area contributed by atoms with E-state index < -0.39 is 10.3 Å². The Bertz CT molecular complexity index is 414. The monoisotopic (exact) mass is 215 g/mol. The molecule has 1 N–H and O–H groups in total. The van der Waals surface area contributed by atoms with Crippen LogP contribution in [-0.2, 0) is 10.3 Å². The van der Waals surface area contributed by atoms with Crippen molar-refractivity contribution in [3.8, 4) is 0 Å². The predicted molar refractivity (Wildman–Crippen MR) is 55.7 cm³/mol. The largest absolute Gasteiger partial charge is 0.359 e. The summed E-state index contributed by atoms with van der Waals surface area (Å²) >= 11 is 0. The first-order chi connectivity index (χ1) is 6.45. The maximum absolute atomic E-state index is 11.0. The normalized spacial score (nSPS) is 11.4. The van der Waals surface area contributed by atoms with Gasteiger partial charge in [-0.25, -0.2) is 4.31 Å². The first-order valence-corrected chi connectivity index (χ1v) is 5.66. The number of hydrogen-bond acceptors (Lipinski definition) is 2. The van der Waals surface area contributed by atoms with Gasteiger partial charge in [0.2, 0.25) is 0 Å². The molecule has 14 heavy (non-hydrogen) atoms. The second-order valence-corrected chi connectivity index (χ2v) is 4.32. The Balaban J connectivity index is 3.14. The van der Waals surface area contributed by atoms with E-state index in [0.29, 0.717) is 5.69 Å². The van der Waals surface area contributed by atoms with E-state index in [1.807, 2.05) is 13.0 Å². The van der Waals surface area contributed by atoms with Crippen LogP contribution in [-0.4, -0.2) is 19.5 Å². The van der Waals surface area contributed by atoms with Crippen LogP contribution in [0, 0.1) is 6.92 Å². The van der Waals surface area contributed by atoms with Gasteiger partial charge in [0.25, 0.3) is 0 Å². The zero-order valence-electron chi connectivity index (χ0n) is 8.14. The summed E-state index contributed by atoms with van der Waals surface area (Å²) in [5.74, 6) is 0. The number of aryl methyl sites for hydroxylation is 1. The van der Waals surface area contributed by atoms with Gasteiger partial charge in [0, 0.05) is 6.54 Å². The van der Waals surface area contributed by atoms with Gasteiger partial charge in [-0.15, -0.1) is 0 Å². The number of nitrogens with zero attached hydrogens (tertiary/aromatic N) is 1. The Labute approximate surface area is 84.1 Å². The molecule has 0 aromatic heterocycles. The second-order valence-electron chi connectivity index (χ2n) is 2.98. The summed E-state index contributed by atoms with van der Waals surface area (Å²) in [7, 11) is -4.15. The second kappa shape index (κ2) is 3.98. The van der Waals surface area contributed by atoms with Gasteiger partial charge >= 0.3 is 10.3 Å². The molecule has 0 fully saturated rings. The van der Waals surface area contributed by atoms with E-state index in [9.17, 15) is 8.42 Å². The highest BCUT2D eigenvalue weighted by Crippen LogP contribution is 2.17. The first-order valence-electron chi connectivity index (χ1n) is 4.27. The fraction of sp³-hybridized carbons (Fsp3) is 0.333. The van der Waals surface area contributed by atoms with Crippen LogP contribution in [0.5, 0.6) is 0 Å². The maximum atomic E-state index is 11.0. The SMILES string of the molecule is CCN(c1cccc(C)c1)S(=O)(=O)O.